The molecule has 0 aliphatic carbocycles. The van der Waals surface area contributed by atoms with Crippen LogP contribution in [0.5, 0.6) is 5.75 Å². The number of nitrogens with zero attached hydrogens (tertiary/aromatic N) is 1. The maximum atomic E-state index is 12.8. The van der Waals surface area contributed by atoms with Crippen molar-refractivity contribution in [2.24, 2.45) is 0 Å². The lowest BCUT2D eigenvalue weighted by Gasteiger charge is -2.21. The Balaban J connectivity index is 1.38. The van der Waals surface area contributed by atoms with Crippen LogP contribution in [-0.2, 0) is 17.9 Å². The number of carbonyl (C=O) groups is 2. The van der Waals surface area contributed by atoms with Crippen LogP contribution in [0, 0.1) is 0 Å². The summed E-state index contributed by atoms with van der Waals surface area (Å²) in [6.45, 7) is 0.765. The zero-order chi connectivity index (χ0) is 21.5. The van der Waals surface area contributed by atoms with Gasteiger partial charge in [0.2, 0.25) is 0 Å². The largest absolute Gasteiger partial charge is 0.484 e. The van der Waals surface area contributed by atoms with Crippen LogP contribution in [0.3, 0.4) is 0 Å². The molecule has 4 aromatic rings. The number of carbonyl (C=O) groups excluding carboxylic acids is 2. The van der Waals surface area contributed by atoms with Gasteiger partial charge in [-0.3, -0.25) is 9.59 Å². The molecule has 1 amide bonds. The van der Waals surface area contributed by atoms with E-state index in [1.54, 1.807) is 65.0 Å². The first kappa shape index (κ1) is 20.6. The minimum atomic E-state index is -0.144. The molecule has 31 heavy (non-hydrogen) atoms. The molecule has 6 heteroatoms. The van der Waals surface area contributed by atoms with Crippen LogP contribution in [0.25, 0.3) is 0 Å². The highest BCUT2D eigenvalue weighted by Gasteiger charge is 2.17. The third kappa shape index (κ3) is 5.49. The predicted molar refractivity (Wildman–Crippen MR) is 119 cm³/mol. The van der Waals surface area contributed by atoms with Gasteiger partial charge in [0.25, 0.3) is 5.91 Å². The Hall–Kier alpha value is -3.64. The molecule has 0 fully saturated rings. The molecule has 0 bridgehead atoms. The minimum Gasteiger partial charge on any atom is -0.484 e. The highest BCUT2D eigenvalue weighted by molar-refractivity contribution is 7.09. The van der Waals surface area contributed by atoms with E-state index in [0.29, 0.717) is 35.7 Å². The van der Waals surface area contributed by atoms with Crippen molar-refractivity contribution in [2.75, 3.05) is 6.61 Å². The molecule has 4 rings (SSSR count). The Morgan fingerprint density at radius 3 is 2.29 bits per heavy atom. The van der Waals surface area contributed by atoms with E-state index in [-0.39, 0.29) is 18.3 Å². The molecule has 2 aromatic heterocycles. The Morgan fingerprint density at radius 2 is 1.61 bits per heavy atom. The summed E-state index contributed by atoms with van der Waals surface area (Å²) in [4.78, 5) is 28.1. The number of hydrogen-bond acceptors (Lipinski definition) is 5. The molecular weight excluding hydrogens is 410 g/mol. The van der Waals surface area contributed by atoms with Crippen molar-refractivity contribution in [1.82, 2.24) is 4.90 Å². The van der Waals surface area contributed by atoms with Crippen LogP contribution >= 0.6 is 11.3 Å². The van der Waals surface area contributed by atoms with Gasteiger partial charge < -0.3 is 14.1 Å². The smallest absolute Gasteiger partial charge is 0.261 e. The number of ketones is 1. The molecular formula is C25H21NO4S. The number of benzene rings is 2. The summed E-state index contributed by atoms with van der Waals surface area (Å²) in [5.74, 6) is 1.05. The number of ether oxygens (including phenoxy) is 1. The van der Waals surface area contributed by atoms with Crippen molar-refractivity contribution in [3.63, 3.8) is 0 Å². The van der Waals surface area contributed by atoms with E-state index in [4.69, 9.17) is 9.15 Å². The molecule has 0 unspecified atom stereocenters. The molecule has 5 nitrogen and oxygen atoms in total. The topological polar surface area (TPSA) is 59.8 Å². The molecule has 0 aliphatic rings. The summed E-state index contributed by atoms with van der Waals surface area (Å²) in [6.07, 6.45) is 1.60. The summed E-state index contributed by atoms with van der Waals surface area (Å²) < 4.78 is 11.1. The monoisotopic (exact) mass is 431 g/mol. The quantitative estimate of drug-likeness (QED) is 0.343. The van der Waals surface area contributed by atoms with Crippen molar-refractivity contribution >= 4 is 23.0 Å². The Kier molecular flexibility index (Phi) is 6.59. The molecule has 0 radical (unpaired) electrons. The fourth-order valence-corrected chi connectivity index (χ4v) is 3.83. The number of furan rings is 1. The molecule has 0 atom stereocenters. The fourth-order valence-electron chi connectivity index (χ4n) is 3.11. The number of hydrogen-bond donors (Lipinski definition) is 0. The second-order valence-electron chi connectivity index (χ2n) is 6.92. The van der Waals surface area contributed by atoms with Crippen LogP contribution in [0.2, 0.25) is 0 Å². The van der Waals surface area contributed by atoms with Gasteiger partial charge in [-0.2, -0.15) is 0 Å². The summed E-state index contributed by atoms with van der Waals surface area (Å²) in [6, 6.07) is 23.6. The van der Waals surface area contributed by atoms with Gasteiger partial charge in [0.05, 0.1) is 19.4 Å². The van der Waals surface area contributed by atoms with Crippen LogP contribution in [0.15, 0.2) is 94.9 Å². The van der Waals surface area contributed by atoms with E-state index in [1.807, 2.05) is 41.8 Å². The molecule has 0 spiro atoms. The van der Waals surface area contributed by atoms with Gasteiger partial charge in [-0.25, -0.2) is 0 Å². The highest BCUT2D eigenvalue weighted by Crippen LogP contribution is 2.18. The normalized spacial score (nSPS) is 10.6. The van der Waals surface area contributed by atoms with Crippen LogP contribution in [0.1, 0.15) is 26.6 Å². The van der Waals surface area contributed by atoms with E-state index < -0.39 is 0 Å². The van der Waals surface area contributed by atoms with Crippen molar-refractivity contribution < 1.29 is 18.7 Å². The van der Waals surface area contributed by atoms with Crippen LogP contribution in [0.4, 0.5) is 0 Å². The van der Waals surface area contributed by atoms with E-state index in [9.17, 15) is 9.59 Å². The van der Waals surface area contributed by atoms with Gasteiger partial charge in [0.15, 0.2) is 12.4 Å². The average Bonchev–Trinajstić information content (AvgIpc) is 3.52. The van der Waals surface area contributed by atoms with Crippen molar-refractivity contribution in [3.8, 4) is 5.75 Å². The Labute approximate surface area is 184 Å². The van der Waals surface area contributed by atoms with E-state index >= 15 is 0 Å². The zero-order valence-electron chi connectivity index (χ0n) is 16.8. The van der Waals surface area contributed by atoms with Gasteiger partial charge in [0, 0.05) is 16.0 Å². The highest BCUT2D eigenvalue weighted by atomic mass is 32.1. The second-order valence-corrected chi connectivity index (χ2v) is 7.95. The first-order chi connectivity index (χ1) is 15.2. The van der Waals surface area contributed by atoms with Gasteiger partial charge in [-0.15, -0.1) is 11.3 Å². The molecule has 0 N–H and O–H groups in total. The minimum absolute atomic E-state index is 0.0520. The van der Waals surface area contributed by atoms with Crippen molar-refractivity contribution in [1.29, 1.82) is 0 Å². The first-order valence-corrected chi connectivity index (χ1v) is 10.7. The van der Waals surface area contributed by atoms with E-state index in [1.165, 1.54) is 0 Å². The van der Waals surface area contributed by atoms with Crippen LogP contribution in [-0.4, -0.2) is 23.2 Å². The SMILES string of the molecule is O=C(c1ccccc1)c1ccc(OCC(=O)N(Cc2ccco2)Cc2cccs2)cc1. The zero-order valence-corrected chi connectivity index (χ0v) is 17.6. The second kappa shape index (κ2) is 9.91. The molecule has 2 heterocycles. The summed E-state index contributed by atoms with van der Waals surface area (Å²) >= 11 is 1.60. The number of thiophene rings is 1. The lowest BCUT2D eigenvalue weighted by Crippen LogP contribution is -2.33. The molecule has 156 valence electrons. The maximum Gasteiger partial charge on any atom is 0.261 e. The average molecular weight is 432 g/mol. The van der Waals surface area contributed by atoms with Crippen molar-refractivity contribution in [3.05, 3.63) is 112 Å². The molecule has 0 saturated heterocycles. The summed E-state index contributed by atoms with van der Waals surface area (Å²) in [7, 11) is 0. The molecule has 2 aromatic carbocycles. The van der Waals surface area contributed by atoms with Gasteiger partial charge in [-0.05, 0) is 47.8 Å². The predicted octanol–water partition coefficient (Wildman–Crippen LogP) is 5.18. The van der Waals surface area contributed by atoms with Crippen molar-refractivity contribution in [2.45, 2.75) is 13.1 Å². The number of rotatable bonds is 9. The maximum absolute atomic E-state index is 12.8. The van der Waals surface area contributed by atoms with Gasteiger partial charge in [-0.1, -0.05) is 36.4 Å². The molecule has 0 saturated carbocycles. The lowest BCUT2D eigenvalue weighted by molar-refractivity contribution is -0.134. The van der Waals surface area contributed by atoms with E-state index in [2.05, 4.69) is 0 Å². The Bertz CT molecular complexity index is 1070. The first-order valence-electron chi connectivity index (χ1n) is 9.84. The van der Waals surface area contributed by atoms with E-state index in [0.717, 1.165) is 4.88 Å². The molecule has 0 aliphatic heterocycles. The Morgan fingerprint density at radius 1 is 0.839 bits per heavy atom. The third-order valence-corrected chi connectivity index (χ3v) is 5.58. The van der Waals surface area contributed by atoms with Gasteiger partial charge >= 0.3 is 0 Å². The summed E-state index contributed by atoms with van der Waals surface area (Å²) in [5, 5.41) is 1.99. The van der Waals surface area contributed by atoms with Crippen LogP contribution < -0.4 is 4.74 Å². The lowest BCUT2D eigenvalue weighted by atomic mass is 10.0. The van der Waals surface area contributed by atoms with Gasteiger partial charge in [0.1, 0.15) is 11.5 Å². The summed E-state index contributed by atoms with van der Waals surface area (Å²) in [5.41, 5.74) is 1.20. The standard InChI is InChI=1S/C25H21NO4S/c27-24(26(16-22-8-4-14-29-22)17-23-9-5-15-31-23)18-30-21-12-10-20(11-13-21)25(28)19-6-2-1-3-7-19/h1-15H,16-18H2. The number of amides is 1. The third-order valence-electron chi connectivity index (χ3n) is 4.72. The fraction of sp³-hybridized carbons (Fsp3) is 0.120.